The lowest BCUT2D eigenvalue weighted by Gasteiger charge is -2.04. The largest absolute Gasteiger partial charge is 0.372 e. The first kappa shape index (κ1) is 7.98. The molecule has 0 spiro atoms. The first-order chi connectivity index (χ1) is 5.27. The second-order valence-corrected chi connectivity index (χ2v) is 2.41. The molecule has 11 heavy (non-hydrogen) atoms. The van der Waals surface area contributed by atoms with E-state index in [0.717, 1.165) is 23.6 Å². The Hall–Kier alpha value is -1.12. The molecule has 0 saturated heterocycles. The summed E-state index contributed by atoms with van der Waals surface area (Å²) in [6, 6.07) is 0. The van der Waals surface area contributed by atoms with Crippen LogP contribution in [0, 0.1) is 6.92 Å². The fourth-order valence-corrected chi connectivity index (χ4v) is 0.961. The Kier molecular flexibility index (Phi) is 2.41. The number of hydrogen-bond donors (Lipinski definition) is 1. The molecule has 0 bridgehead atoms. The van der Waals surface area contributed by atoms with Gasteiger partial charge in [0.25, 0.3) is 0 Å². The molecule has 0 radical (unpaired) electrons. The predicted octanol–water partition coefficient (Wildman–Crippen LogP) is 1.39. The zero-order valence-electron chi connectivity index (χ0n) is 7.18. The first-order valence-corrected chi connectivity index (χ1v) is 3.78. The number of aromatic nitrogens is 2. The van der Waals surface area contributed by atoms with Gasteiger partial charge >= 0.3 is 0 Å². The fraction of sp³-hybridized carbons (Fsp3) is 0.500. The van der Waals surface area contributed by atoms with Crippen LogP contribution in [0.5, 0.6) is 0 Å². The highest BCUT2D eigenvalue weighted by Gasteiger charge is 2.00. The van der Waals surface area contributed by atoms with Gasteiger partial charge in [0.05, 0.1) is 11.4 Å². The molecular formula is C8H13N3. The van der Waals surface area contributed by atoms with Gasteiger partial charge < -0.3 is 5.32 Å². The normalized spacial score (nSPS) is 9.73. The van der Waals surface area contributed by atoms with Crippen molar-refractivity contribution >= 4 is 5.82 Å². The molecule has 1 N–H and O–H groups in total. The van der Waals surface area contributed by atoms with Crippen molar-refractivity contribution in [3.05, 3.63) is 17.6 Å². The summed E-state index contributed by atoms with van der Waals surface area (Å²) < 4.78 is 0. The molecular weight excluding hydrogens is 138 g/mol. The second-order valence-electron chi connectivity index (χ2n) is 2.41. The Morgan fingerprint density at radius 1 is 1.55 bits per heavy atom. The Balaban J connectivity index is 3.06. The van der Waals surface area contributed by atoms with E-state index in [2.05, 4.69) is 22.2 Å². The molecule has 3 nitrogen and oxygen atoms in total. The Bertz CT molecular complexity index is 245. The molecule has 1 aromatic rings. The third-order valence-electron chi connectivity index (χ3n) is 1.54. The molecule has 1 rings (SSSR count). The van der Waals surface area contributed by atoms with E-state index in [9.17, 15) is 0 Å². The van der Waals surface area contributed by atoms with Gasteiger partial charge in [0, 0.05) is 13.2 Å². The van der Waals surface area contributed by atoms with E-state index in [1.165, 1.54) is 0 Å². The summed E-state index contributed by atoms with van der Waals surface area (Å²) in [5, 5.41) is 3.01. The number of aryl methyl sites for hydroxylation is 2. The summed E-state index contributed by atoms with van der Waals surface area (Å²) in [7, 11) is 1.86. The number of anilines is 1. The van der Waals surface area contributed by atoms with E-state index in [-0.39, 0.29) is 0 Å². The maximum absolute atomic E-state index is 4.29. The highest BCUT2D eigenvalue weighted by Crippen LogP contribution is 2.08. The third kappa shape index (κ3) is 1.67. The van der Waals surface area contributed by atoms with Gasteiger partial charge in [-0.1, -0.05) is 6.92 Å². The van der Waals surface area contributed by atoms with Crippen LogP contribution in [0.2, 0.25) is 0 Å². The van der Waals surface area contributed by atoms with Gasteiger partial charge in [0.1, 0.15) is 5.82 Å². The maximum Gasteiger partial charge on any atom is 0.147 e. The van der Waals surface area contributed by atoms with Gasteiger partial charge in [-0.15, -0.1) is 0 Å². The average molecular weight is 151 g/mol. The van der Waals surface area contributed by atoms with Crippen molar-refractivity contribution in [2.24, 2.45) is 0 Å². The minimum absolute atomic E-state index is 0.896. The van der Waals surface area contributed by atoms with Crippen molar-refractivity contribution in [3.63, 3.8) is 0 Å². The molecule has 1 heterocycles. The third-order valence-corrected chi connectivity index (χ3v) is 1.54. The first-order valence-electron chi connectivity index (χ1n) is 3.78. The van der Waals surface area contributed by atoms with Crippen molar-refractivity contribution in [1.29, 1.82) is 0 Å². The molecule has 0 unspecified atom stereocenters. The molecule has 0 amide bonds. The number of nitrogens with zero attached hydrogens (tertiary/aromatic N) is 2. The van der Waals surface area contributed by atoms with Crippen molar-refractivity contribution in [3.8, 4) is 0 Å². The van der Waals surface area contributed by atoms with Gasteiger partial charge in [-0.2, -0.15) is 0 Å². The molecule has 60 valence electrons. The zero-order valence-corrected chi connectivity index (χ0v) is 7.18. The zero-order chi connectivity index (χ0) is 8.27. The summed E-state index contributed by atoms with van der Waals surface area (Å²) in [5.74, 6) is 0.896. The van der Waals surface area contributed by atoms with Crippen LogP contribution in [-0.2, 0) is 6.42 Å². The molecule has 0 aromatic carbocycles. The highest BCUT2D eigenvalue weighted by molar-refractivity contribution is 5.39. The number of nitrogens with one attached hydrogen (secondary N) is 1. The lowest BCUT2D eigenvalue weighted by molar-refractivity contribution is 0.979. The van der Waals surface area contributed by atoms with E-state index < -0.39 is 0 Å². The Morgan fingerprint density at radius 3 is 2.82 bits per heavy atom. The molecule has 0 aliphatic carbocycles. The minimum Gasteiger partial charge on any atom is -0.372 e. The topological polar surface area (TPSA) is 37.8 Å². The average Bonchev–Trinajstić information content (AvgIpc) is 2.04. The number of hydrogen-bond acceptors (Lipinski definition) is 3. The summed E-state index contributed by atoms with van der Waals surface area (Å²) in [6.07, 6.45) is 2.71. The van der Waals surface area contributed by atoms with Crippen LogP contribution in [0.25, 0.3) is 0 Å². The molecule has 0 aliphatic rings. The van der Waals surface area contributed by atoms with Gasteiger partial charge in [-0.3, -0.25) is 4.98 Å². The van der Waals surface area contributed by atoms with Gasteiger partial charge in [-0.05, 0) is 13.3 Å². The smallest absolute Gasteiger partial charge is 0.147 e. The van der Waals surface area contributed by atoms with E-state index in [1.54, 1.807) is 6.20 Å². The van der Waals surface area contributed by atoms with Crippen molar-refractivity contribution < 1.29 is 0 Å². The highest BCUT2D eigenvalue weighted by atomic mass is 15.0. The Morgan fingerprint density at radius 2 is 2.27 bits per heavy atom. The summed E-state index contributed by atoms with van der Waals surface area (Å²) in [6.45, 7) is 4.01. The lowest BCUT2D eigenvalue weighted by atomic mass is 10.3. The minimum atomic E-state index is 0.896. The van der Waals surface area contributed by atoms with Crippen LogP contribution in [0.3, 0.4) is 0 Å². The fourth-order valence-electron chi connectivity index (χ4n) is 0.961. The Labute approximate surface area is 66.9 Å². The van der Waals surface area contributed by atoms with E-state index in [4.69, 9.17) is 0 Å². The molecule has 1 aromatic heterocycles. The summed E-state index contributed by atoms with van der Waals surface area (Å²) in [4.78, 5) is 8.53. The van der Waals surface area contributed by atoms with Crippen molar-refractivity contribution in [1.82, 2.24) is 9.97 Å². The van der Waals surface area contributed by atoms with Crippen molar-refractivity contribution in [2.75, 3.05) is 12.4 Å². The van der Waals surface area contributed by atoms with Crippen LogP contribution < -0.4 is 5.32 Å². The van der Waals surface area contributed by atoms with E-state index >= 15 is 0 Å². The molecule has 0 atom stereocenters. The van der Waals surface area contributed by atoms with Gasteiger partial charge in [-0.25, -0.2) is 4.98 Å². The van der Waals surface area contributed by atoms with Crippen molar-refractivity contribution in [2.45, 2.75) is 20.3 Å². The monoisotopic (exact) mass is 151 g/mol. The molecule has 0 fully saturated rings. The SMILES string of the molecule is CCc1ncc(C)nc1NC. The standard InChI is InChI=1S/C8H13N3/c1-4-7-8(9-3)11-6(2)5-10-7/h5H,4H2,1-3H3,(H,9,11). The van der Waals surface area contributed by atoms with Crippen LogP contribution in [-0.4, -0.2) is 17.0 Å². The van der Waals surface area contributed by atoms with E-state index in [1.807, 2.05) is 14.0 Å². The quantitative estimate of drug-likeness (QED) is 0.694. The molecule has 0 saturated carbocycles. The number of rotatable bonds is 2. The van der Waals surface area contributed by atoms with Gasteiger partial charge in [0.2, 0.25) is 0 Å². The maximum atomic E-state index is 4.29. The summed E-state index contributed by atoms with van der Waals surface area (Å²) in [5.41, 5.74) is 1.98. The predicted molar refractivity (Wildman–Crippen MR) is 45.7 cm³/mol. The molecule has 3 heteroatoms. The summed E-state index contributed by atoms with van der Waals surface area (Å²) >= 11 is 0. The van der Waals surface area contributed by atoms with Crippen LogP contribution >= 0.6 is 0 Å². The molecule has 0 aliphatic heterocycles. The van der Waals surface area contributed by atoms with Crippen LogP contribution in [0.15, 0.2) is 6.20 Å². The van der Waals surface area contributed by atoms with E-state index in [0.29, 0.717) is 0 Å². The second kappa shape index (κ2) is 3.32. The van der Waals surface area contributed by atoms with Crippen LogP contribution in [0.4, 0.5) is 5.82 Å². The van der Waals surface area contributed by atoms with Crippen LogP contribution in [0.1, 0.15) is 18.3 Å². The van der Waals surface area contributed by atoms with Gasteiger partial charge in [0.15, 0.2) is 0 Å². The lowest BCUT2D eigenvalue weighted by Crippen LogP contribution is -2.01.